The van der Waals surface area contributed by atoms with Crippen LogP contribution in [0.5, 0.6) is 0 Å². The van der Waals surface area contributed by atoms with Crippen molar-refractivity contribution in [1.29, 1.82) is 0 Å². The van der Waals surface area contributed by atoms with Crippen LogP contribution in [0.15, 0.2) is 121 Å². The van der Waals surface area contributed by atoms with Crippen LogP contribution in [0.3, 0.4) is 0 Å². The summed E-state index contributed by atoms with van der Waals surface area (Å²) in [7, 11) is 0. The van der Waals surface area contributed by atoms with Gasteiger partial charge in [0.05, 0.1) is 27.8 Å². The molecule has 1 heterocycles. The first-order valence-corrected chi connectivity index (χ1v) is 16.8. The first-order chi connectivity index (χ1) is 27.3. The van der Waals surface area contributed by atoms with Gasteiger partial charge in [-0.1, -0.05) is 0 Å². The molecule has 0 radical (unpaired) electrons. The number of benzene rings is 5. The van der Waals surface area contributed by atoms with Crippen LogP contribution in [-0.2, 0) is 28.4 Å². The smallest absolute Gasteiger partial charge is 0.340 e. The molecule has 16 heteroatoms. The Morgan fingerprint density at radius 3 is 1.02 bits per heavy atom. The first-order valence-electron chi connectivity index (χ1n) is 16.8. The molecule has 0 saturated carbocycles. The van der Waals surface area contributed by atoms with E-state index in [-0.39, 0.29) is 27.8 Å². The highest BCUT2D eigenvalue weighted by atomic mass is 19.1. The van der Waals surface area contributed by atoms with Crippen LogP contribution in [0.4, 0.5) is 22.0 Å². The second-order valence-corrected chi connectivity index (χ2v) is 12.2. The molecule has 0 aromatic heterocycles. The number of halogens is 5. The van der Waals surface area contributed by atoms with Crippen LogP contribution in [0.25, 0.3) is 0 Å². The molecule has 5 atom stereocenters. The van der Waals surface area contributed by atoms with Crippen molar-refractivity contribution in [2.24, 2.45) is 0 Å². The average molecular weight is 791 g/mol. The summed E-state index contributed by atoms with van der Waals surface area (Å²) in [6.45, 7) is -0.856. The normalized spacial score (nSPS) is 18.8. The topological polar surface area (TPSA) is 141 Å². The minimum absolute atomic E-state index is 0.128. The van der Waals surface area contributed by atoms with Crippen molar-refractivity contribution in [2.45, 2.75) is 30.7 Å². The predicted octanol–water partition coefficient (Wildman–Crippen LogP) is 6.80. The maximum Gasteiger partial charge on any atom is 0.340 e. The van der Waals surface area contributed by atoms with E-state index in [1.807, 2.05) is 0 Å². The quantitative estimate of drug-likeness (QED) is 0.0793. The number of hydrogen-bond acceptors (Lipinski definition) is 11. The summed E-state index contributed by atoms with van der Waals surface area (Å²) in [5.74, 6) is -9.31. The largest absolute Gasteiger partial charge is 0.459 e. The Morgan fingerprint density at radius 1 is 0.386 bits per heavy atom. The zero-order valence-corrected chi connectivity index (χ0v) is 29.0. The third-order valence-corrected chi connectivity index (χ3v) is 8.32. The molecule has 292 valence electrons. The molecule has 6 rings (SSSR count). The lowest BCUT2D eigenvalue weighted by Crippen LogP contribution is -2.63. The van der Waals surface area contributed by atoms with Crippen molar-refractivity contribution in [3.8, 4) is 0 Å². The molecule has 0 N–H and O–H groups in total. The molecule has 1 saturated heterocycles. The molecule has 0 bridgehead atoms. The van der Waals surface area contributed by atoms with Crippen molar-refractivity contribution >= 4 is 29.8 Å². The molecule has 1 fully saturated rings. The van der Waals surface area contributed by atoms with Gasteiger partial charge in [-0.3, -0.25) is 0 Å². The standard InChI is InChI=1S/C41H27F5O11/c42-27-11-1-22(2-12-27)36(47)52-21-32-33(54-37(48)23-3-13-28(43)14-4-23)34(55-38(49)24-5-15-29(44)16-6-24)35(56-39(50)25-7-17-30(45)18-8-25)41(53-32)57-40(51)26-9-19-31(46)20-10-26/h1-20,32-35,41H,21H2/t32-,33-,34+,35-,41-/m1/s1. The Hall–Kier alpha value is -6.94. The van der Waals surface area contributed by atoms with E-state index in [1.54, 1.807) is 0 Å². The van der Waals surface area contributed by atoms with Gasteiger partial charge in [0.25, 0.3) is 0 Å². The molecule has 5 aromatic rings. The van der Waals surface area contributed by atoms with Gasteiger partial charge < -0.3 is 28.4 Å². The van der Waals surface area contributed by atoms with E-state index in [0.717, 1.165) is 121 Å². The zero-order chi connectivity index (χ0) is 40.6. The lowest BCUT2D eigenvalue weighted by molar-refractivity contribution is -0.282. The van der Waals surface area contributed by atoms with Crippen molar-refractivity contribution < 1.29 is 74.3 Å². The Balaban J connectivity index is 1.43. The molecule has 0 amide bonds. The number of carbonyl (C=O) groups is 5. The van der Waals surface area contributed by atoms with E-state index < -0.39 is 96.2 Å². The fraction of sp³-hybridized carbons (Fsp3) is 0.146. The van der Waals surface area contributed by atoms with Crippen molar-refractivity contribution in [3.05, 3.63) is 178 Å². The monoisotopic (exact) mass is 790 g/mol. The van der Waals surface area contributed by atoms with Gasteiger partial charge in [0.2, 0.25) is 12.4 Å². The van der Waals surface area contributed by atoms with E-state index in [2.05, 4.69) is 0 Å². The number of rotatable bonds is 11. The van der Waals surface area contributed by atoms with E-state index in [4.69, 9.17) is 28.4 Å². The zero-order valence-electron chi connectivity index (χ0n) is 29.0. The van der Waals surface area contributed by atoms with E-state index in [1.165, 1.54) is 0 Å². The summed E-state index contributed by atoms with van der Waals surface area (Å²) >= 11 is 0. The second kappa shape index (κ2) is 17.7. The van der Waals surface area contributed by atoms with Gasteiger partial charge in [0.1, 0.15) is 41.8 Å². The van der Waals surface area contributed by atoms with Gasteiger partial charge in [0, 0.05) is 0 Å². The highest BCUT2D eigenvalue weighted by Crippen LogP contribution is 2.32. The predicted molar refractivity (Wildman–Crippen MR) is 184 cm³/mol. The first kappa shape index (κ1) is 39.7. The van der Waals surface area contributed by atoms with Crippen molar-refractivity contribution in [2.75, 3.05) is 6.61 Å². The number of ether oxygens (including phenoxy) is 6. The fourth-order valence-electron chi connectivity index (χ4n) is 5.43. The van der Waals surface area contributed by atoms with Gasteiger partial charge >= 0.3 is 29.8 Å². The fourth-order valence-corrected chi connectivity index (χ4v) is 5.43. The molecule has 1 aliphatic heterocycles. The SMILES string of the molecule is O=C(OC[C@H]1O[C@H](OC(=O)c2ccc(F)cc2)[C@H](OC(=O)c2ccc(F)cc2)[C@@H](OC(=O)c2ccc(F)cc2)[C@@H]1OC(=O)c1ccc(F)cc1)c1ccc(F)cc1. The molecular formula is C41H27F5O11. The van der Waals surface area contributed by atoms with Crippen LogP contribution in [0.2, 0.25) is 0 Å². The average Bonchev–Trinajstić information content (AvgIpc) is 3.20. The van der Waals surface area contributed by atoms with Crippen molar-refractivity contribution in [3.63, 3.8) is 0 Å². The summed E-state index contributed by atoms with van der Waals surface area (Å²) in [6.07, 6.45) is -9.82. The third kappa shape index (κ3) is 10.0. The summed E-state index contributed by atoms with van der Waals surface area (Å²) < 4.78 is 103. The molecule has 57 heavy (non-hydrogen) atoms. The Morgan fingerprint density at radius 2 is 0.667 bits per heavy atom. The van der Waals surface area contributed by atoms with E-state index >= 15 is 0 Å². The minimum atomic E-state index is -2.09. The van der Waals surface area contributed by atoms with Crippen LogP contribution in [-0.4, -0.2) is 67.2 Å². The Bertz CT molecular complexity index is 2230. The molecule has 5 aromatic carbocycles. The number of carbonyl (C=O) groups excluding carboxylic acids is 5. The maximum atomic E-state index is 13.8. The maximum absolute atomic E-state index is 13.8. The number of esters is 5. The highest BCUT2D eigenvalue weighted by Gasteiger charge is 2.54. The van der Waals surface area contributed by atoms with Gasteiger partial charge in [-0.15, -0.1) is 0 Å². The van der Waals surface area contributed by atoms with E-state index in [9.17, 15) is 45.9 Å². The van der Waals surface area contributed by atoms with Crippen molar-refractivity contribution in [1.82, 2.24) is 0 Å². The van der Waals surface area contributed by atoms with Crippen LogP contribution < -0.4 is 0 Å². The third-order valence-electron chi connectivity index (χ3n) is 8.32. The summed E-state index contributed by atoms with van der Waals surface area (Å²) in [5.41, 5.74) is -1.09. The molecule has 0 unspecified atom stereocenters. The molecule has 1 aliphatic rings. The Labute approximate surface area is 319 Å². The summed E-state index contributed by atoms with van der Waals surface area (Å²) in [4.78, 5) is 67.3. The Kier molecular flexibility index (Phi) is 12.3. The van der Waals surface area contributed by atoms with E-state index in [0.29, 0.717) is 0 Å². The molecular weight excluding hydrogens is 763 g/mol. The van der Waals surface area contributed by atoms with Crippen LogP contribution in [0.1, 0.15) is 51.8 Å². The molecule has 0 spiro atoms. The second-order valence-electron chi connectivity index (χ2n) is 12.2. The number of hydrogen-bond donors (Lipinski definition) is 0. The minimum Gasteiger partial charge on any atom is -0.459 e. The lowest BCUT2D eigenvalue weighted by Gasteiger charge is -2.43. The van der Waals surface area contributed by atoms with Crippen LogP contribution in [0, 0.1) is 29.1 Å². The lowest BCUT2D eigenvalue weighted by atomic mass is 9.97. The summed E-state index contributed by atoms with van der Waals surface area (Å²) in [5, 5.41) is 0. The molecule has 11 nitrogen and oxygen atoms in total. The van der Waals surface area contributed by atoms with Gasteiger partial charge in [0.15, 0.2) is 12.2 Å². The summed E-state index contributed by atoms with van der Waals surface area (Å²) in [6, 6.07) is 20.1. The highest BCUT2D eigenvalue weighted by molar-refractivity contribution is 5.92. The van der Waals surface area contributed by atoms with Crippen LogP contribution >= 0.6 is 0 Å². The van der Waals surface area contributed by atoms with Gasteiger partial charge in [-0.2, -0.15) is 0 Å². The molecule has 0 aliphatic carbocycles. The van der Waals surface area contributed by atoms with Gasteiger partial charge in [-0.25, -0.2) is 45.9 Å². The van der Waals surface area contributed by atoms with Gasteiger partial charge in [-0.05, 0) is 121 Å².